The van der Waals surface area contributed by atoms with Crippen molar-refractivity contribution in [1.82, 2.24) is 15.6 Å². The van der Waals surface area contributed by atoms with Crippen molar-refractivity contribution in [3.63, 3.8) is 0 Å². The van der Waals surface area contributed by atoms with Crippen molar-refractivity contribution < 1.29 is 19.5 Å². The summed E-state index contributed by atoms with van der Waals surface area (Å²) in [5.74, 6) is -2.09. The molecule has 1 aliphatic carbocycles. The minimum Gasteiger partial charge on any atom is -0.481 e. The first-order chi connectivity index (χ1) is 14.3. The van der Waals surface area contributed by atoms with E-state index < -0.39 is 29.4 Å². The molecule has 1 atom stereocenters. The van der Waals surface area contributed by atoms with Crippen LogP contribution in [0.3, 0.4) is 0 Å². The quantitative estimate of drug-likeness (QED) is 0.313. The minimum absolute atomic E-state index is 0.134. The van der Waals surface area contributed by atoms with E-state index in [4.69, 9.17) is 11.5 Å². The second-order valence-corrected chi connectivity index (χ2v) is 7.03. The van der Waals surface area contributed by atoms with Crippen LogP contribution in [0, 0.1) is 0 Å². The van der Waals surface area contributed by atoms with Crippen LogP contribution in [-0.2, 0) is 9.59 Å². The lowest BCUT2D eigenvalue weighted by Gasteiger charge is -2.22. The average molecular weight is 410 g/mol. The third-order valence-corrected chi connectivity index (χ3v) is 4.67. The Labute approximate surface area is 172 Å². The Morgan fingerprint density at radius 2 is 1.97 bits per heavy atom. The standard InChI is InChI=1S/C20H22N6O4/c21-19(22)24-14-5-1-3-12(9-14)17(29)26-20(6-7-20)18(30)25-15(10-16(27)28)13-4-2-8-23-11-13/h1-5,8-9,11,15H,6-7,10H2,(H,25,30)(H,26,29)(H,27,28)(H4,21,22,24). The van der Waals surface area contributed by atoms with Crippen LogP contribution in [0.2, 0.25) is 0 Å². The third-order valence-electron chi connectivity index (χ3n) is 4.67. The van der Waals surface area contributed by atoms with Gasteiger partial charge in [-0.15, -0.1) is 0 Å². The number of nitrogens with two attached hydrogens (primary N) is 2. The molecule has 0 bridgehead atoms. The molecule has 0 saturated heterocycles. The van der Waals surface area contributed by atoms with Gasteiger partial charge in [0.05, 0.1) is 18.2 Å². The summed E-state index contributed by atoms with van der Waals surface area (Å²) in [6.45, 7) is 0. The monoisotopic (exact) mass is 410 g/mol. The molecule has 2 aromatic rings. The van der Waals surface area contributed by atoms with Crippen molar-refractivity contribution in [2.45, 2.75) is 30.8 Å². The lowest BCUT2D eigenvalue weighted by Crippen LogP contribution is -2.50. The normalized spacial score (nSPS) is 14.8. The summed E-state index contributed by atoms with van der Waals surface area (Å²) in [6, 6.07) is 8.94. The van der Waals surface area contributed by atoms with Gasteiger partial charge in [0.25, 0.3) is 5.91 Å². The highest BCUT2D eigenvalue weighted by Crippen LogP contribution is 2.37. The molecule has 1 heterocycles. The van der Waals surface area contributed by atoms with Gasteiger partial charge in [0.1, 0.15) is 5.54 Å². The third kappa shape index (κ3) is 5.10. The van der Waals surface area contributed by atoms with Crippen molar-refractivity contribution >= 4 is 29.4 Å². The highest BCUT2D eigenvalue weighted by atomic mass is 16.4. The topological polar surface area (TPSA) is 173 Å². The second kappa shape index (κ2) is 8.60. The van der Waals surface area contributed by atoms with Crippen LogP contribution in [-0.4, -0.2) is 39.4 Å². The number of nitrogens with zero attached hydrogens (tertiary/aromatic N) is 2. The molecule has 0 aliphatic heterocycles. The molecule has 1 unspecified atom stereocenters. The van der Waals surface area contributed by atoms with Crippen molar-refractivity contribution in [2.24, 2.45) is 16.5 Å². The zero-order valence-corrected chi connectivity index (χ0v) is 16.0. The second-order valence-electron chi connectivity index (χ2n) is 7.03. The van der Waals surface area contributed by atoms with E-state index in [-0.39, 0.29) is 12.4 Å². The van der Waals surface area contributed by atoms with E-state index in [0.717, 1.165) is 0 Å². The van der Waals surface area contributed by atoms with Crippen LogP contribution >= 0.6 is 0 Å². The van der Waals surface area contributed by atoms with Crippen molar-refractivity contribution in [3.05, 3.63) is 59.9 Å². The zero-order valence-electron chi connectivity index (χ0n) is 16.0. The molecule has 3 rings (SSSR count). The lowest BCUT2D eigenvalue weighted by atomic mass is 10.0. The largest absolute Gasteiger partial charge is 0.481 e. The molecule has 0 spiro atoms. The number of pyridine rings is 1. The van der Waals surface area contributed by atoms with E-state index in [0.29, 0.717) is 29.7 Å². The van der Waals surface area contributed by atoms with Crippen LogP contribution in [0.4, 0.5) is 5.69 Å². The van der Waals surface area contributed by atoms with Gasteiger partial charge in [-0.05, 0) is 42.7 Å². The average Bonchev–Trinajstić information content (AvgIpc) is 3.48. The van der Waals surface area contributed by atoms with E-state index in [1.54, 1.807) is 36.5 Å². The van der Waals surface area contributed by atoms with E-state index >= 15 is 0 Å². The Balaban J connectivity index is 1.72. The molecule has 1 aromatic carbocycles. The molecular weight excluding hydrogens is 388 g/mol. The van der Waals surface area contributed by atoms with Gasteiger partial charge in [-0.1, -0.05) is 12.1 Å². The van der Waals surface area contributed by atoms with Gasteiger partial charge < -0.3 is 27.2 Å². The number of aliphatic carboxylic acids is 1. The highest BCUT2D eigenvalue weighted by molar-refractivity contribution is 6.01. The number of rotatable bonds is 8. The minimum atomic E-state index is -1.08. The number of benzene rings is 1. The number of guanidine groups is 1. The summed E-state index contributed by atoms with van der Waals surface area (Å²) >= 11 is 0. The van der Waals surface area contributed by atoms with Gasteiger partial charge in [-0.25, -0.2) is 4.99 Å². The maximum Gasteiger partial charge on any atom is 0.305 e. The maximum absolute atomic E-state index is 12.9. The Morgan fingerprint density at radius 1 is 1.20 bits per heavy atom. The molecule has 1 aromatic heterocycles. The Hall–Kier alpha value is -3.95. The molecule has 30 heavy (non-hydrogen) atoms. The number of carbonyl (C=O) groups excluding carboxylic acids is 2. The molecule has 0 radical (unpaired) electrons. The SMILES string of the molecule is NC(N)=Nc1cccc(C(=O)NC2(C(=O)NC(CC(=O)O)c3cccnc3)CC2)c1. The lowest BCUT2D eigenvalue weighted by molar-refractivity contribution is -0.137. The van der Waals surface area contributed by atoms with Gasteiger partial charge >= 0.3 is 5.97 Å². The van der Waals surface area contributed by atoms with Crippen LogP contribution < -0.4 is 22.1 Å². The molecule has 10 nitrogen and oxygen atoms in total. The number of amides is 2. The number of carboxylic acid groups (broad SMARTS) is 1. The predicted octanol–water partition coefficient (Wildman–Crippen LogP) is 0.581. The molecule has 1 saturated carbocycles. The zero-order chi connectivity index (χ0) is 21.7. The Kier molecular flexibility index (Phi) is 5.95. The molecule has 156 valence electrons. The van der Waals surface area contributed by atoms with Crippen molar-refractivity contribution in [2.75, 3.05) is 0 Å². The number of hydrogen-bond acceptors (Lipinski definition) is 5. The van der Waals surface area contributed by atoms with Crippen molar-refractivity contribution in [3.8, 4) is 0 Å². The fourth-order valence-electron chi connectivity index (χ4n) is 2.99. The van der Waals surface area contributed by atoms with Crippen LogP contribution in [0.15, 0.2) is 53.8 Å². The molecule has 10 heteroatoms. The number of carbonyl (C=O) groups is 3. The summed E-state index contributed by atoms with van der Waals surface area (Å²) in [4.78, 5) is 44.7. The van der Waals surface area contributed by atoms with Crippen molar-refractivity contribution in [1.29, 1.82) is 0 Å². The van der Waals surface area contributed by atoms with Crippen LogP contribution in [0.1, 0.15) is 41.2 Å². The summed E-state index contributed by atoms with van der Waals surface area (Å²) in [6.07, 6.45) is 3.65. The molecule has 7 N–H and O–H groups in total. The van der Waals surface area contributed by atoms with E-state index in [1.165, 1.54) is 12.3 Å². The van der Waals surface area contributed by atoms with Gasteiger partial charge in [0, 0.05) is 18.0 Å². The van der Waals surface area contributed by atoms with Crippen LogP contribution in [0.5, 0.6) is 0 Å². The van der Waals surface area contributed by atoms with Gasteiger partial charge in [-0.3, -0.25) is 19.4 Å². The number of aromatic nitrogens is 1. The summed E-state index contributed by atoms with van der Waals surface area (Å²) in [5.41, 5.74) is 10.9. The first-order valence-corrected chi connectivity index (χ1v) is 9.24. The van der Waals surface area contributed by atoms with E-state index in [2.05, 4.69) is 20.6 Å². The first-order valence-electron chi connectivity index (χ1n) is 9.24. The summed E-state index contributed by atoms with van der Waals surface area (Å²) in [5, 5.41) is 14.7. The first kappa shape index (κ1) is 20.8. The maximum atomic E-state index is 12.9. The number of nitrogens with one attached hydrogen (secondary N) is 2. The highest BCUT2D eigenvalue weighted by Gasteiger charge is 2.51. The fraction of sp³-hybridized carbons (Fsp3) is 0.250. The smallest absolute Gasteiger partial charge is 0.305 e. The molecule has 1 aliphatic rings. The van der Waals surface area contributed by atoms with Gasteiger partial charge in [-0.2, -0.15) is 0 Å². The number of hydrogen-bond donors (Lipinski definition) is 5. The van der Waals surface area contributed by atoms with Crippen LogP contribution in [0.25, 0.3) is 0 Å². The van der Waals surface area contributed by atoms with E-state index in [1.807, 2.05) is 0 Å². The molecule has 1 fully saturated rings. The fourth-order valence-corrected chi connectivity index (χ4v) is 2.99. The van der Waals surface area contributed by atoms with Gasteiger partial charge in [0.15, 0.2) is 5.96 Å². The Bertz CT molecular complexity index is 984. The number of aliphatic imine (C=N–C) groups is 1. The summed E-state index contributed by atoms with van der Waals surface area (Å²) < 4.78 is 0. The Morgan fingerprint density at radius 3 is 2.57 bits per heavy atom. The predicted molar refractivity (Wildman–Crippen MR) is 109 cm³/mol. The van der Waals surface area contributed by atoms with Gasteiger partial charge in [0.2, 0.25) is 5.91 Å². The molecular formula is C20H22N6O4. The van der Waals surface area contributed by atoms with E-state index in [9.17, 15) is 19.5 Å². The molecule has 2 amide bonds. The number of carboxylic acids is 1. The summed E-state index contributed by atoms with van der Waals surface area (Å²) in [7, 11) is 0.